The number of piperidine rings is 1. The van der Waals surface area contributed by atoms with Crippen LogP contribution in [0.25, 0.3) is 0 Å². The molecule has 0 aliphatic carbocycles. The van der Waals surface area contributed by atoms with Gasteiger partial charge in [-0.25, -0.2) is 10.2 Å². The van der Waals surface area contributed by atoms with E-state index in [1.807, 2.05) is 0 Å². The zero-order valence-electron chi connectivity index (χ0n) is 14.5. The number of methoxy groups -OCH3 is 1. The van der Waals surface area contributed by atoms with Crippen molar-refractivity contribution >= 4 is 18.0 Å². The predicted molar refractivity (Wildman–Crippen MR) is 83.3 cm³/mol. The molecule has 0 radical (unpaired) electrons. The van der Waals surface area contributed by atoms with Crippen molar-refractivity contribution in [3.8, 4) is 0 Å². The maximum atomic E-state index is 12.6. The standard InChI is InChI=1S/C15H27N3O5/c1-6-18(17-14(21)23-15(2,3)4)12(19)11-10(13(20)22-5)8-7-9-16-11/h10-11,16H,6-9H2,1-5H3,(H,17,21)/t10-,11+/m1/s1. The number of hydrogen-bond donors (Lipinski definition) is 2. The Hall–Kier alpha value is -1.83. The topological polar surface area (TPSA) is 97.0 Å². The lowest BCUT2D eigenvalue weighted by Gasteiger charge is -2.33. The summed E-state index contributed by atoms with van der Waals surface area (Å²) in [4.78, 5) is 36.4. The van der Waals surface area contributed by atoms with Gasteiger partial charge in [-0.1, -0.05) is 0 Å². The molecule has 1 aliphatic heterocycles. The summed E-state index contributed by atoms with van der Waals surface area (Å²) in [6.07, 6.45) is 0.646. The fourth-order valence-corrected chi connectivity index (χ4v) is 2.42. The summed E-state index contributed by atoms with van der Waals surface area (Å²) in [5, 5.41) is 4.20. The van der Waals surface area contributed by atoms with Crippen LogP contribution in [-0.4, -0.2) is 54.8 Å². The lowest BCUT2D eigenvalue weighted by molar-refractivity contribution is -0.153. The molecule has 23 heavy (non-hydrogen) atoms. The van der Waals surface area contributed by atoms with Crippen LogP contribution >= 0.6 is 0 Å². The van der Waals surface area contributed by atoms with Crippen molar-refractivity contribution < 1.29 is 23.9 Å². The fraction of sp³-hybridized carbons (Fsp3) is 0.800. The van der Waals surface area contributed by atoms with Gasteiger partial charge >= 0.3 is 12.1 Å². The normalized spacial score (nSPS) is 21.3. The Balaban J connectivity index is 2.77. The maximum absolute atomic E-state index is 12.6. The van der Waals surface area contributed by atoms with Gasteiger partial charge < -0.3 is 14.8 Å². The summed E-state index contributed by atoms with van der Waals surface area (Å²) in [5.74, 6) is -1.37. The molecule has 1 saturated heterocycles. The van der Waals surface area contributed by atoms with E-state index in [9.17, 15) is 14.4 Å². The summed E-state index contributed by atoms with van der Waals surface area (Å²) in [6, 6.07) is -0.717. The number of likely N-dealkylation sites (N-methyl/N-ethyl adjacent to an activating group) is 1. The Kier molecular flexibility index (Phi) is 6.80. The van der Waals surface area contributed by atoms with Gasteiger partial charge in [0.25, 0.3) is 5.91 Å². The highest BCUT2D eigenvalue weighted by molar-refractivity contribution is 5.89. The van der Waals surface area contributed by atoms with E-state index in [0.717, 1.165) is 11.4 Å². The number of nitrogens with one attached hydrogen (secondary N) is 2. The Morgan fingerprint density at radius 1 is 1.30 bits per heavy atom. The van der Waals surface area contributed by atoms with E-state index in [1.165, 1.54) is 7.11 Å². The monoisotopic (exact) mass is 329 g/mol. The van der Waals surface area contributed by atoms with Gasteiger partial charge in [0.15, 0.2) is 0 Å². The van der Waals surface area contributed by atoms with Gasteiger partial charge in [-0.05, 0) is 47.1 Å². The number of rotatable bonds is 3. The van der Waals surface area contributed by atoms with Gasteiger partial charge in [0.05, 0.1) is 13.0 Å². The average molecular weight is 329 g/mol. The van der Waals surface area contributed by atoms with E-state index < -0.39 is 29.6 Å². The Labute approximate surface area is 136 Å². The second-order valence-electron chi connectivity index (χ2n) is 6.40. The number of amides is 2. The van der Waals surface area contributed by atoms with Crippen molar-refractivity contribution in [3.05, 3.63) is 0 Å². The number of carbonyl (C=O) groups excluding carboxylic acids is 3. The molecule has 8 nitrogen and oxygen atoms in total. The minimum atomic E-state index is -0.717. The second kappa shape index (κ2) is 8.14. The maximum Gasteiger partial charge on any atom is 0.426 e. The number of esters is 1. The van der Waals surface area contributed by atoms with Gasteiger partial charge in [-0.3, -0.25) is 14.6 Å². The zero-order valence-corrected chi connectivity index (χ0v) is 14.5. The summed E-state index contributed by atoms with van der Waals surface area (Å²) in [5.41, 5.74) is 1.77. The molecule has 0 saturated carbocycles. The van der Waals surface area contributed by atoms with E-state index >= 15 is 0 Å². The Bertz CT molecular complexity index is 447. The van der Waals surface area contributed by atoms with Crippen LogP contribution in [0.1, 0.15) is 40.5 Å². The molecule has 2 N–H and O–H groups in total. The molecule has 0 aromatic heterocycles. The quantitative estimate of drug-likeness (QED) is 0.588. The second-order valence-corrected chi connectivity index (χ2v) is 6.40. The molecular formula is C15H27N3O5. The molecular weight excluding hydrogens is 302 g/mol. The molecule has 1 rings (SSSR count). The first kappa shape index (κ1) is 19.2. The van der Waals surface area contributed by atoms with Crippen molar-refractivity contribution in [2.24, 2.45) is 5.92 Å². The molecule has 8 heteroatoms. The molecule has 0 aromatic carbocycles. The van der Waals surface area contributed by atoms with Crippen molar-refractivity contribution in [1.82, 2.24) is 15.8 Å². The van der Waals surface area contributed by atoms with E-state index in [4.69, 9.17) is 9.47 Å². The first-order valence-electron chi connectivity index (χ1n) is 7.81. The average Bonchev–Trinajstić information content (AvgIpc) is 2.49. The smallest absolute Gasteiger partial charge is 0.426 e. The third-order valence-corrected chi connectivity index (χ3v) is 3.44. The van der Waals surface area contributed by atoms with Gasteiger partial charge in [-0.15, -0.1) is 0 Å². The summed E-state index contributed by atoms with van der Waals surface area (Å²) in [7, 11) is 1.30. The molecule has 1 heterocycles. The van der Waals surface area contributed by atoms with E-state index in [-0.39, 0.29) is 12.5 Å². The molecule has 1 fully saturated rings. The Morgan fingerprint density at radius 3 is 2.48 bits per heavy atom. The predicted octanol–water partition coefficient (Wildman–Crippen LogP) is 0.816. The third kappa shape index (κ3) is 5.70. The van der Waals surface area contributed by atoms with Crippen LogP contribution < -0.4 is 10.7 Å². The van der Waals surface area contributed by atoms with Crippen molar-refractivity contribution in [2.45, 2.75) is 52.2 Å². The van der Waals surface area contributed by atoms with Crippen LogP contribution in [0.3, 0.4) is 0 Å². The molecule has 0 bridgehead atoms. The number of carbonyl (C=O) groups is 3. The minimum Gasteiger partial charge on any atom is -0.469 e. The SMILES string of the molecule is CCN(NC(=O)OC(C)(C)C)C(=O)[C@H]1NCCC[C@H]1C(=O)OC. The highest BCUT2D eigenvalue weighted by atomic mass is 16.6. The largest absolute Gasteiger partial charge is 0.469 e. The molecule has 2 amide bonds. The fourth-order valence-electron chi connectivity index (χ4n) is 2.42. The molecule has 0 aromatic rings. The van der Waals surface area contributed by atoms with Crippen LogP contribution in [0.5, 0.6) is 0 Å². The first-order valence-corrected chi connectivity index (χ1v) is 7.81. The van der Waals surface area contributed by atoms with E-state index in [2.05, 4.69) is 10.7 Å². The van der Waals surface area contributed by atoms with Gasteiger partial charge in [0.2, 0.25) is 0 Å². The summed E-state index contributed by atoms with van der Waals surface area (Å²) in [6.45, 7) is 7.82. The van der Waals surface area contributed by atoms with Gasteiger partial charge in [-0.2, -0.15) is 0 Å². The van der Waals surface area contributed by atoms with Crippen LogP contribution in [-0.2, 0) is 19.1 Å². The highest BCUT2D eigenvalue weighted by Gasteiger charge is 2.39. The van der Waals surface area contributed by atoms with Crippen molar-refractivity contribution in [1.29, 1.82) is 0 Å². The molecule has 1 aliphatic rings. The zero-order chi connectivity index (χ0) is 17.6. The lowest BCUT2D eigenvalue weighted by Crippen LogP contribution is -2.59. The summed E-state index contributed by atoms with van der Waals surface area (Å²) < 4.78 is 9.92. The number of hydrogen-bond acceptors (Lipinski definition) is 6. The van der Waals surface area contributed by atoms with Gasteiger partial charge in [0.1, 0.15) is 11.6 Å². The molecule has 0 unspecified atom stereocenters. The van der Waals surface area contributed by atoms with Gasteiger partial charge in [0, 0.05) is 6.54 Å². The lowest BCUT2D eigenvalue weighted by atomic mass is 9.90. The van der Waals surface area contributed by atoms with Crippen molar-refractivity contribution in [2.75, 3.05) is 20.2 Å². The number of hydrazine groups is 1. The van der Waals surface area contributed by atoms with Crippen LogP contribution in [0.2, 0.25) is 0 Å². The summed E-state index contributed by atoms with van der Waals surface area (Å²) >= 11 is 0. The molecule has 132 valence electrons. The van der Waals surface area contributed by atoms with Crippen LogP contribution in [0.15, 0.2) is 0 Å². The van der Waals surface area contributed by atoms with Crippen molar-refractivity contribution in [3.63, 3.8) is 0 Å². The third-order valence-electron chi connectivity index (χ3n) is 3.44. The minimum absolute atomic E-state index is 0.254. The highest BCUT2D eigenvalue weighted by Crippen LogP contribution is 2.19. The van der Waals surface area contributed by atoms with Crippen LogP contribution in [0.4, 0.5) is 4.79 Å². The van der Waals surface area contributed by atoms with E-state index in [0.29, 0.717) is 13.0 Å². The van der Waals surface area contributed by atoms with E-state index in [1.54, 1.807) is 27.7 Å². The van der Waals surface area contributed by atoms with Crippen LogP contribution in [0, 0.1) is 5.92 Å². The molecule has 2 atom stereocenters. The molecule has 0 spiro atoms. The number of ether oxygens (including phenoxy) is 2. The number of nitrogens with zero attached hydrogens (tertiary/aromatic N) is 1. The Morgan fingerprint density at radius 2 is 1.96 bits per heavy atom. The first-order chi connectivity index (χ1) is 10.7.